The fourth-order valence-electron chi connectivity index (χ4n) is 2.75. The van der Waals surface area contributed by atoms with Crippen LogP contribution in [0.1, 0.15) is 18.4 Å². The standard InChI is InChI=1S/C14H22N4S/c1-2-3-13(14-16-4-9-19-14)18-7-5-17(6-8-18)12-10-15-11-12/h3-4,9,12,15H,2,5-8,10-11H2,1H3/b13-3+. The molecular formula is C14H22N4S. The van der Waals surface area contributed by atoms with Crippen LogP contribution < -0.4 is 5.32 Å². The van der Waals surface area contributed by atoms with Gasteiger partial charge >= 0.3 is 0 Å². The number of nitrogens with one attached hydrogen (secondary N) is 1. The molecule has 0 amide bonds. The Morgan fingerprint density at radius 2 is 2.21 bits per heavy atom. The minimum atomic E-state index is 0.778. The van der Waals surface area contributed by atoms with E-state index in [1.807, 2.05) is 6.20 Å². The summed E-state index contributed by atoms with van der Waals surface area (Å²) >= 11 is 1.74. The van der Waals surface area contributed by atoms with Crippen molar-refractivity contribution in [2.45, 2.75) is 19.4 Å². The fraction of sp³-hybridized carbons (Fsp3) is 0.643. The second kappa shape index (κ2) is 6.03. The van der Waals surface area contributed by atoms with Gasteiger partial charge in [0.25, 0.3) is 0 Å². The van der Waals surface area contributed by atoms with Crippen LogP contribution in [0.2, 0.25) is 0 Å². The number of hydrogen-bond acceptors (Lipinski definition) is 5. The van der Waals surface area contributed by atoms with Crippen LogP contribution in [0.5, 0.6) is 0 Å². The third-order valence-corrected chi connectivity index (χ3v) is 4.78. The molecule has 2 fully saturated rings. The van der Waals surface area contributed by atoms with Gasteiger partial charge in [0.05, 0.1) is 5.70 Å². The lowest BCUT2D eigenvalue weighted by atomic mass is 10.1. The van der Waals surface area contributed by atoms with Crippen molar-refractivity contribution in [2.24, 2.45) is 0 Å². The second-order valence-corrected chi connectivity index (χ2v) is 6.06. The summed E-state index contributed by atoms with van der Waals surface area (Å²) in [6.45, 7) is 9.15. The summed E-state index contributed by atoms with van der Waals surface area (Å²) in [5, 5.41) is 6.59. The number of piperazine rings is 1. The molecule has 0 unspecified atom stereocenters. The molecule has 0 spiro atoms. The molecule has 1 N–H and O–H groups in total. The normalized spacial score (nSPS) is 22.6. The van der Waals surface area contributed by atoms with Gasteiger partial charge < -0.3 is 10.2 Å². The largest absolute Gasteiger partial charge is 0.367 e. The molecule has 104 valence electrons. The number of allylic oxidation sites excluding steroid dienone is 1. The predicted octanol–water partition coefficient (Wildman–Crippen LogP) is 1.48. The van der Waals surface area contributed by atoms with Gasteiger partial charge in [0.1, 0.15) is 5.01 Å². The minimum Gasteiger partial charge on any atom is -0.367 e. The van der Waals surface area contributed by atoms with Gasteiger partial charge in [-0.2, -0.15) is 0 Å². The van der Waals surface area contributed by atoms with E-state index in [4.69, 9.17) is 0 Å². The molecule has 2 saturated heterocycles. The molecule has 0 saturated carbocycles. The molecule has 4 nitrogen and oxygen atoms in total. The van der Waals surface area contributed by atoms with Crippen molar-refractivity contribution >= 4 is 17.0 Å². The second-order valence-electron chi connectivity index (χ2n) is 5.17. The maximum absolute atomic E-state index is 4.48. The Kier molecular flexibility index (Phi) is 4.15. The third-order valence-electron chi connectivity index (χ3n) is 3.98. The van der Waals surface area contributed by atoms with Gasteiger partial charge in [0.15, 0.2) is 0 Å². The molecule has 3 heterocycles. The molecule has 1 aromatic rings. The molecule has 0 aromatic carbocycles. The zero-order chi connectivity index (χ0) is 13.1. The predicted molar refractivity (Wildman–Crippen MR) is 80.2 cm³/mol. The highest BCUT2D eigenvalue weighted by atomic mass is 32.1. The Balaban J connectivity index is 1.63. The molecule has 2 aliphatic heterocycles. The van der Waals surface area contributed by atoms with E-state index in [-0.39, 0.29) is 0 Å². The Morgan fingerprint density at radius 1 is 1.42 bits per heavy atom. The molecule has 19 heavy (non-hydrogen) atoms. The molecule has 3 rings (SSSR count). The first-order chi connectivity index (χ1) is 9.38. The van der Waals surface area contributed by atoms with Crippen LogP contribution in [0.25, 0.3) is 5.70 Å². The van der Waals surface area contributed by atoms with E-state index in [0.717, 1.165) is 25.6 Å². The van der Waals surface area contributed by atoms with E-state index in [0.29, 0.717) is 0 Å². The maximum Gasteiger partial charge on any atom is 0.139 e. The van der Waals surface area contributed by atoms with Crippen LogP contribution in [0.3, 0.4) is 0 Å². The van der Waals surface area contributed by atoms with E-state index in [1.54, 1.807) is 11.3 Å². The number of aromatic nitrogens is 1. The van der Waals surface area contributed by atoms with Crippen molar-refractivity contribution in [3.63, 3.8) is 0 Å². The van der Waals surface area contributed by atoms with E-state index < -0.39 is 0 Å². The smallest absolute Gasteiger partial charge is 0.139 e. The molecule has 0 atom stereocenters. The Hall–Kier alpha value is -0.910. The molecular weight excluding hydrogens is 256 g/mol. The van der Waals surface area contributed by atoms with Gasteiger partial charge in [-0.1, -0.05) is 13.0 Å². The van der Waals surface area contributed by atoms with Crippen molar-refractivity contribution in [2.75, 3.05) is 39.3 Å². The van der Waals surface area contributed by atoms with Crippen LogP contribution in [0, 0.1) is 0 Å². The van der Waals surface area contributed by atoms with Crippen LogP contribution in [0.4, 0.5) is 0 Å². The monoisotopic (exact) mass is 278 g/mol. The molecule has 2 aliphatic rings. The van der Waals surface area contributed by atoms with Gasteiger partial charge in [0.2, 0.25) is 0 Å². The first-order valence-electron chi connectivity index (χ1n) is 7.18. The highest BCUT2D eigenvalue weighted by molar-refractivity contribution is 7.10. The van der Waals surface area contributed by atoms with Crippen molar-refractivity contribution < 1.29 is 0 Å². The van der Waals surface area contributed by atoms with Gasteiger partial charge in [-0.15, -0.1) is 11.3 Å². The lowest BCUT2D eigenvalue weighted by molar-refractivity contribution is 0.0959. The lowest BCUT2D eigenvalue weighted by Crippen LogP contribution is -2.61. The number of hydrogen-bond donors (Lipinski definition) is 1. The Bertz CT molecular complexity index is 417. The van der Waals surface area contributed by atoms with Gasteiger partial charge in [-0.05, 0) is 6.42 Å². The van der Waals surface area contributed by atoms with Crippen LogP contribution in [-0.2, 0) is 0 Å². The molecule has 5 heteroatoms. The lowest BCUT2D eigenvalue weighted by Gasteiger charge is -2.44. The average Bonchev–Trinajstić information content (AvgIpc) is 2.89. The number of nitrogens with zero attached hydrogens (tertiary/aromatic N) is 3. The van der Waals surface area contributed by atoms with E-state index in [9.17, 15) is 0 Å². The van der Waals surface area contributed by atoms with Gasteiger partial charge in [-0.25, -0.2) is 4.98 Å². The SMILES string of the molecule is CC/C=C(\c1nccs1)N1CCN(C2CNC2)CC1. The quantitative estimate of drug-likeness (QED) is 0.904. The van der Waals surface area contributed by atoms with Crippen molar-refractivity contribution in [1.29, 1.82) is 0 Å². The Labute approximate surface area is 119 Å². The summed E-state index contributed by atoms with van der Waals surface area (Å²) in [5.74, 6) is 0. The van der Waals surface area contributed by atoms with Crippen molar-refractivity contribution in [3.8, 4) is 0 Å². The van der Waals surface area contributed by atoms with E-state index >= 15 is 0 Å². The topological polar surface area (TPSA) is 31.4 Å². The number of rotatable bonds is 4. The number of thiazole rings is 1. The zero-order valence-corrected chi connectivity index (χ0v) is 12.3. The summed E-state index contributed by atoms with van der Waals surface area (Å²) in [7, 11) is 0. The van der Waals surface area contributed by atoms with Crippen molar-refractivity contribution in [3.05, 3.63) is 22.7 Å². The first kappa shape index (κ1) is 13.1. The van der Waals surface area contributed by atoms with E-state index in [1.165, 1.54) is 36.9 Å². The van der Waals surface area contributed by atoms with Crippen LogP contribution >= 0.6 is 11.3 Å². The fourth-order valence-corrected chi connectivity index (χ4v) is 3.46. The summed E-state index contributed by atoms with van der Waals surface area (Å²) in [4.78, 5) is 9.61. The molecule has 0 radical (unpaired) electrons. The first-order valence-corrected chi connectivity index (χ1v) is 8.06. The van der Waals surface area contributed by atoms with E-state index in [2.05, 4.69) is 38.5 Å². The maximum atomic E-state index is 4.48. The van der Waals surface area contributed by atoms with Gasteiger partial charge in [-0.3, -0.25) is 4.90 Å². The molecule has 0 aliphatic carbocycles. The zero-order valence-electron chi connectivity index (χ0n) is 11.5. The summed E-state index contributed by atoms with van der Waals surface area (Å²) in [6, 6.07) is 0.778. The van der Waals surface area contributed by atoms with Crippen molar-refractivity contribution in [1.82, 2.24) is 20.1 Å². The highest BCUT2D eigenvalue weighted by Gasteiger charge is 2.28. The third kappa shape index (κ3) is 2.83. The molecule has 1 aromatic heterocycles. The minimum absolute atomic E-state index is 0.778. The summed E-state index contributed by atoms with van der Waals surface area (Å²) < 4.78 is 0. The van der Waals surface area contributed by atoms with Gasteiger partial charge in [0, 0.05) is 56.9 Å². The highest BCUT2D eigenvalue weighted by Crippen LogP contribution is 2.24. The summed E-state index contributed by atoms with van der Waals surface area (Å²) in [5.41, 5.74) is 1.34. The summed E-state index contributed by atoms with van der Waals surface area (Å²) in [6.07, 6.45) is 5.29. The van der Waals surface area contributed by atoms with Crippen LogP contribution in [-0.4, -0.2) is 60.1 Å². The Morgan fingerprint density at radius 3 is 2.74 bits per heavy atom. The molecule has 0 bridgehead atoms. The van der Waals surface area contributed by atoms with Crippen LogP contribution in [0.15, 0.2) is 17.7 Å². The average molecular weight is 278 g/mol.